The quantitative estimate of drug-likeness (QED) is 0.570. The molecule has 0 bridgehead atoms. The van der Waals surface area contributed by atoms with Crippen molar-refractivity contribution in [3.63, 3.8) is 0 Å². The number of hydrogen-bond donors (Lipinski definition) is 3. The molecule has 0 fully saturated rings. The van der Waals surface area contributed by atoms with Gasteiger partial charge >= 0.3 is 0 Å². The molecule has 0 spiro atoms. The van der Waals surface area contributed by atoms with Gasteiger partial charge in [-0.05, 0) is 25.1 Å². The Morgan fingerprint density at radius 3 is 2.38 bits per heavy atom. The van der Waals surface area contributed by atoms with Crippen molar-refractivity contribution < 1.29 is 4.79 Å². The Morgan fingerprint density at radius 1 is 1.31 bits per heavy atom. The average Bonchev–Trinajstić information content (AvgIpc) is 2.25. The number of nitrogens with one attached hydrogen (secondary N) is 1. The molecular formula is C10H13Cl2N3O. The molecule has 0 unspecified atom stereocenters. The zero-order valence-electron chi connectivity index (χ0n) is 8.59. The first-order valence-corrected chi connectivity index (χ1v) is 5.54. The lowest BCUT2D eigenvalue weighted by Crippen LogP contribution is -2.26. The second-order valence-electron chi connectivity index (χ2n) is 3.25. The van der Waals surface area contributed by atoms with Crippen LogP contribution in [0.15, 0.2) is 12.1 Å². The number of anilines is 1. The molecule has 0 aliphatic carbocycles. The molecule has 1 aromatic rings. The van der Waals surface area contributed by atoms with Gasteiger partial charge in [-0.3, -0.25) is 4.79 Å². The van der Waals surface area contributed by atoms with Crippen LogP contribution in [0.25, 0.3) is 0 Å². The lowest BCUT2D eigenvalue weighted by atomic mass is 10.2. The Labute approximate surface area is 104 Å². The van der Waals surface area contributed by atoms with Crippen LogP contribution in [0.2, 0.25) is 10.0 Å². The molecule has 1 aromatic carbocycles. The Balaban J connectivity index is 2.76. The molecule has 0 heterocycles. The number of hydrogen-bond acceptors (Lipinski definition) is 3. The van der Waals surface area contributed by atoms with Gasteiger partial charge < -0.3 is 16.8 Å². The van der Waals surface area contributed by atoms with Gasteiger partial charge in [0.2, 0.25) is 0 Å². The van der Waals surface area contributed by atoms with E-state index in [1.807, 2.05) is 0 Å². The third kappa shape index (κ3) is 3.27. The highest BCUT2D eigenvalue weighted by atomic mass is 35.5. The Bertz CT molecular complexity index is 373. The molecule has 88 valence electrons. The monoisotopic (exact) mass is 261 g/mol. The minimum Gasteiger partial charge on any atom is -0.396 e. The fraction of sp³-hybridized carbons (Fsp3) is 0.300. The second kappa shape index (κ2) is 5.94. The van der Waals surface area contributed by atoms with E-state index in [0.29, 0.717) is 18.7 Å². The summed E-state index contributed by atoms with van der Waals surface area (Å²) in [5, 5.41) is 3.25. The molecule has 1 amide bonds. The summed E-state index contributed by atoms with van der Waals surface area (Å²) in [6.45, 7) is 1.05. The smallest absolute Gasteiger partial charge is 0.251 e. The highest BCUT2D eigenvalue weighted by molar-refractivity contribution is 6.39. The fourth-order valence-electron chi connectivity index (χ4n) is 1.12. The van der Waals surface area contributed by atoms with E-state index in [1.165, 1.54) is 12.1 Å². The van der Waals surface area contributed by atoms with Gasteiger partial charge in [0.05, 0.1) is 15.7 Å². The number of nitrogens with two attached hydrogens (primary N) is 2. The molecule has 5 N–H and O–H groups in total. The molecule has 0 saturated carbocycles. The molecule has 0 saturated heterocycles. The van der Waals surface area contributed by atoms with Crippen molar-refractivity contribution in [1.29, 1.82) is 0 Å². The highest BCUT2D eigenvalue weighted by Crippen LogP contribution is 2.28. The molecule has 0 aliphatic heterocycles. The molecule has 0 aromatic heterocycles. The number of amides is 1. The fourth-order valence-corrected chi connectivity index (χ4v) is 1.61. The first-order chi connectivity index (χ1) is 7.56. The summed E-state index contributed by atoms with van der Waals surface area (Å²) in [4.78, 5) is 11.6. The third-order valence-corrected chi connectivity index (χ3v) is 2.63. The van der Waals surface area contributed by atoms with Crippen molar-refractivity contribution in [2.75, 3.05) is 18.8 Å². The highest BCUT2D eigenvalue weighted by Gasteiger charge is 2.10. The summed E-state index contributed by atoms with van der Waals surface area (Å²) in [6.07, 6.45) is 0.724. The summed E-state index contributed by atoms with van der Waals surface area (Å²) < 4.78 is 0. The largest absolute Gasteiger partial charge is 0.396 e. The zero-order valence-corrected chi connectivity index (χ0v) is 10.1. The Hall–Kier alpha value is -0.970. The number of halogens is 2. The van der Waals surface area contributed by atoms with Crippen LogP contribution in [0.3, 0.4) is 0 Å². The van der Waals surface area contributed by atoms with Crippen LogP contribution in [-0.4, -0.2) is 19.0 Å². The Morgan fingerprint density at radius 2 is 1.88 bits per heavy atom. The Kier molecular flexibility index (Phi) is 4.86. The van der Waals surface area contributed by atoms with Crippen LogP contribution in [0.5, 0.6) is 0 Å². The molecule has 6 heteroatoms. The molecular weight excluding hydrogens is 249 g/mol. The van der Waals surface area contributed by atoms with E-state index < -0.39 is 0 Å². The third-order valence-electron chi connectivity index (χ3n) is 2.01. The predicted octanol–water partition coefficient (Wildman–Crippen LogP) is 1.65. The second-order valence-corrected chi connectivity index (χ2v) is 4.07. The van der Waals surface area contributed by atoms with Crippen LogP contribution < -0.4 is 16.8 Å². The number of carbonyl (C=O) groups excluding carboxylic acids is 1. The summed E-state index contributed by atoms with van der Waals surface area (Å²) in [5.74, 6) is -0.239. The summed E-state index contributed by atoms with van der Waals surface area (Å²) in [5.41, 5.74) is 11.5. The summed E-state index contributed by atoms with van der Waals surface area (Å²) in [7, 11) is 0. The van der Waals surface area contributed by atoms with Gasteiger partial charge in [-0.15, -0.1) is 0 Å². The topological polar surface area (TPSA) is 81.1 Å². The number of carbonyl (C=O) groups is 1. The van der Waals surface area contributed by atoms with Crippen LogP contribution in [0.4, 0.5) is 5.69 Å². The standard InChI is InChI=1S/C10H13Cl2N3O/c11-7-4-6(5-8(12)9(7)14)10(16)15-3-1-2-13/h4-5H,1-3,13-14H2,(H,15,16). The van der Waals surface area contributed by atoms with Crippen molar-refractivity contribution >= 4 is 34.8 Å². The van der Waals surface area contributed by atoms with Gasteiger partial charge in [0.25, 0.3) is 5.91 Å². The maximum Gasteiger partial charge on any atom is 0.251 e. The van der Waals surface area contributed by atoms with Crippen molar-refractivity contribution in [2.24, 2.45) is 5.73 Å². The number of nitrogen functional groups attached to an aromatic ring is 1. The van der Waals surface area contributed by atoms with E-state index in [2.05, 4.69) is 5.32 Å². The van der Waals surface area contributed by atoms with E-state index >= 15 is 0 Å². The summed E-state index contributed by atoms with van der Waals surface area (Å²) in [6, 6.07) is 2.97. The van der Waals surface area contributed by atoms with E-state index in [-0.39, 0.29) is 21.6 Å². The van der Waals surface area contributed by atoms with Crippen LogP contribution in [0, 0.1) is 0 Å². The van der Waals surface area contributed by atoms with Crippen molar-refractivity contribution in [2.45, 2.75) is 6.42 Å². The predicted molar refractivity (Wildman–Crippen MR) is 66.9 cm³/mol. The van der Waals surface area contributed by atoms with Gasteiger partial charge in [-0.1, -0.05) is 23.2 Å². The minimum absolute atomic E-state index is 0.239. The van der Waals surface area contributed by atoms with Gasteiger partial charge in [0, 0.05) is 12.1 Å². The number of benzene rings is 1. The van der Waals surface area contributed by atoms with Gasteiger partial charge in [0.1, 0.15) is 0 Å². The number of rotatable bonds is 4. The van der Waals surface area contributed by atoms with E-state index in [1.54, 1.807) is 0 Å². The molecule has 0 radical (unpaired) electrons. The van der Waals surface area contributed by atoms with E-state index in [4.69, 9.17) is 34.7 Å². The van der Waals surface area contributed by atoms with E-state index in [9.17, 15) is 4.79 Å². The maximum atomic E-state index is 11.6. The first-order valence-electron chi connectivity index (χ1n) is 4.79. The van der Waals surface area contributed by atoms with Gasteiger partial charge in [-0.2, -0.15) is 0 Å². The normalized spacial score (nSPS) is 10.2. The van der Waals surface area contributed by atoms with Gasteiger partial charge in [0.15, 0.2) is 0 Å². The average molecular weight is 262 g/mol. The molecule has 0 aliphatic rings. The van der Waals surface area contributed by atoms with Gasteiger partial charge in [-0.25, -0.2) is 0 Å². The van der Waals surface area contributed by atoms with Crippen LogP contribution >= 0.6 is 23.2 Å². The summed E-state index contributed by atoms with van der Waals surface area (Å²) >= 11 is 11.6. The molecule has 4 nitrogen and oxygen atoms in total. The first kappa shape index (κ1) is 13.1. The van der Waals surface area contributed by atoms with Crippen LogP contribution in [0.1, 0.15) is 16.8 Å². The maximum absolute atomic E-state index is 11.6. The molecule has 0 atom stereocenters. The minimum atomic E-state index is -0.239. The van der Waals surface area contributed by atoms with E-state index in [0.717, 1.165) is 6.42 Å². The zero-order chi connectivity index (χ0) is 12.1. The lowest BCUT2D eigenvalue weighted by Gasteiger charge is -2.07. The molecule has 1 rings (SSSR count). The van der Waals surface area contributed by atoms with Crippen molar-refractivity contribution in [3.05, 3.63) is 27.7 Å². The van der Waals surface area contributed by atoms with Crippen LogP contribution in [-0.2, 0) is 0 Å². The SMILES string of the molecule is NCCCNC(=O)c1cc(Cl)c(N)c(Cl)c1. The van der Waals surface area contributed by atoms with Crippen molar-refractivity contribution in [1.82, 2.24) is 5.32 Å². The molecule has 16 heavy (non-hydrogen) atoms. The van der Waals surface area contributed by atoms with Crippen molar-refractivity contribution in [3.8, 4) is 0 Å². The lowest BCUT2D eigenvalue weighted by molar-refractivity contribution is 0.0953.